The summed E-state index contributed by atoms with van der Waals surface area (Å²) >= 11 is 0. The standard InChI is InChI=1S/C20H26N4O2/c1-13(2)21-20(26)18-23-17(16-11-7-8-12-24(16)18)19(25)22-14(3)15-9-5-4-6-10-15/h4-6,9-10,13-14H,7-8,11-12H2,1-3H3,(H,21,26)(H,22,25). The van der Waals surface area contributed by atoms with Gasteiger partial charge in [-0.05, 0) is 45.6 Å². The molecule has 0 aliphatic carbocycles. The molecule has 1 aliphatic heterocycles. The molecule has 0 bridgehead atoms. The van der Waals surface area contributed by atoms with E-state index in [4.69, 9.17) is 0 Å². The Morgan fingerprint density at radius 3 is 2.46 bits per heavy atom. The topological polar surface area (TPSA) is 76.0 Å². The number of nitrogens with one attached hydrogen (secondary N) is 2. The lowest BCUT2D eigenvalue weighted by atomic mass is 10.1. The van der Waals surface area contributed by atoms with Crippen molar-refractivity contribution >= 4 is 11.8 Å². The minimum absolute atomic E-state index is 0.0226. The van der Waals surface area contributed by atoms with E-state index in [1.54, 1.807) is 0 Å². The van der Waals surface area contributed by atoms with Crippen LogP contribution < -0.4 is 10.6 Å². The number of carbonyl (C=O) groups is 2. The monoisotopic (exact) mass is 354 g/mol. The molecule has 1 aliphatic rings. The number of nitrogens with zero attached hydrogens (tertiary/aromatic N) is 2. The summed E-state index contributed by atoms with van der Waals surface area (Å²) in [5.41, 5.74) is 2.27. The molecule has 1 unspecified atom stereocenters. The SMILES string of the molecule is CC(C)NC(=O)c1nc(C(=O)NC(C)c2ccccc2)c2n1CCCC2. The van der Waals surface area contributed by atoms with Gasteiger partial charge in [-0.15, -0.1) is 0 Å². The van der Waals surface area contributed by atoms with E-state index in [1.165, 1.54) is 0 Å². The molecule has 2 amide bonds. The summed E-state index contributed by atoms with van der Waals surface area (Å²) in [7, 11) is 0. The van der Waals surface area contributed by atoms with E-state index in [0.717, 1.165) is 37.1 Å². The number of aromatic nitrogens is 2. The summed E-state index contributed by atoms with van der Waals surface area (Å²) < 4.78 is 1.91. The second kappa shape index (κ2) is 7.72. The van der Waals surface area contributed by atoms with Gasteiger partial charge in [-0.1, -0.05) is 30.3 Å². The first-order chi connectivity index (χ1) is 12.5. The zero-order valence-electron chi connectivity index (χ0n) is 15.6. The highest BCUT2D eigenvalue weighted by atomic mass is 16.2. The van der Waals surface area contributed by atoms with Crippen molar-refractivity contribution in [2.75, 3.05) is 0 Å². The quantitative estimate of drug-likeness (QED) is 0.867. The Labute approximate surface area is 154 Å². The minimum Gasteiger partial charge on any atom is -0.347 e. The van der Waals surface area contributed by atoms with Gasteiger partial charge in [0.05, 0.1) is 11.7 Å². The van der Waals surface area contributed by atoms with E-state index < -0.39 is 0 Å². The number of imidazole rings is 1. The molecule has 2 aromatic rings. The number of benzene rings is 1. The summed E-state index contributed by atoms with van der Waals surface area (Å²) in [6, 6.07) is 9.70. The lowest BCUT2D eigenvalue weighted by molar-refractivity contribution is 0.0926. The number of carbonyl (C=O) groups excluding carboxylic acids is 2. The molecule has 0 saturated carbocycles. The molecule has 6 heteroatoms. The average Bonchev–Trinajstić information content (AvgIpc) is 3.02. The van der Waals surface area contributed by atoms with Gasteiger partial charge in [-0.3, -0.25) is 9.59 Å². The van der Waals surface area contributed by atoms with Crippen molar-refractivity contribution in [2.24, 2.45) is 0 Å². The molecule has 26 heavy (non-hydrogen) atoms. The molecule has 138 valence electrons. The van der Waals surface area contributed by atoms with Crippen LogP contribution in [0.2, 0.25) is 0 Å². The second-order valence-electron chi connectivity index (χ2n) is 7.07. The van der Waals surface area contributed by atoms with Gasteiger partial charge in [0.15, 0.2) is 5.82 Å². The van der Waals surface area contributed by atoms with Crippen LogP contribution in [0, 0.1) is 0 Å². The maximum Gasteiger partial charge on any atom is 0.287 e. The van der Waals surface area contributed by atoms with E-state index in [9.17, 15) is 9.59 Å². The third kappa shape index (κ3) is 3.79. The molecule has 1 aromatic heterocycles. The van der Waals surface area contributed by atoms with E-state index >= 15 is 0 Å². The maximum atomic E-state index is 12.8. The fourth-order valence-corrected chi connectivity index (χ4v) is 3.31. The van der Waals surface area contributed by atoms with Crippen LogP contribution in [-0.2, 0) is 13.0 Å². The van der Waals surface area contributed by atoms with Crippen LogP contribution in [0.3, 0.4) is 0 Å². The Hall–Kier alpha value is -2.63. The van der Waals surface area contributed by atoms with Crippen LogP contribution in [0.5, 0.6) is 0 Å². The van der Waals surface area contributed by atoms with Crippen LogP contribution in [0.1, 0.15) is 72.0 Å². The first kappa shape index (κ1) is 18.2. The van der Waals surface area contributed by atoms with Crippen LogP contribution in [0.25, 0.3) is 0 Å². The average molecular weight is 354 g/mol. The lowest BCUT2D eigenvalue weighted by Crippen LogP contribution is -2.33. The van der Waals surface area contributed by atoms with Gasteiger partial charge >= 0.3 is 0 Å². The maximum absolute atomic E-state index is 12.8. The summed E-state index contributed by atoms with van der Waals surface area (Å²) in [4.78, 5) is 29.8. The molecule has 1 aromatic carbocycles. The Kier molecular flexibility index (Phi) is 5.40. The molecule has 1 atom stereocenters. The number of fused-ring (bicyclic) bond motifs is 1. The van der Waals surface area contributed by atoms with Crippen LogP contribution in [0.15, 0.2) is 30.3 Å². The van der Waals surface area contributed by atoms with Crippen molar-refractivity contribution in [3.63, 3.8) is 0 Å². The highest BCUT2D eigenvalue weighted by molar-refractivity contribution is 5.97. The summed E-state index contributed by atoms with van der Waals surface area (Å²) in [5, 5.41) is 5.88. The van der Waals surface area contributed by atoms with Gasteiger partial charge in [-0.25, -0.2) is 4.98 Å². The summed E-state index contributed by atoms with van der Waals surface area (Å²) in [6.45, 7) is 6.49. The van der Waals surface area contributed by atoms with Gasteiger partial charge in [0.25, 0.3) is 11.8 Å². The number of hydrogen-bond acceptors (Lipinski definition) is 3. The zero-order valence-corrected chi connectivity index (χ0v) is 15.6. The van der Waals surface area contributed by atoms with Gasteiger partial charge in [-0.2, -0.15) is 0 Å². The number of rotatable bonds is 5. The van der Waals surface area contributed by atoms with Crippen molar-refractivity contribution in [1.82, 2.24) is 20.2 Å². The Morgan fingerprint density at radius 2 is 1.77 bits per heavy atom. The minimum atomic E-state index is -0.226. The van der Waals surface area contributed by atoms with Gasteiger partial charge < -0.3 is 15.2 Å². The fraction of sp³-hybridized carbons (Fsp3) is 0.450. The molecular formula is C20H26N4O2. The summed E-state index contributed by atoms with van der Waals surface area (Å²) in [5.74, 6) is -0.111. The first-order valence-electron chi connectivity index (χ1n) is 9.23. The molecular weight excluding hydrogens is 328 g/mol. The van der Waals surface area contributed by atoms with Crippen molar-refractivity contribution in [3.05, 3.63) is 53.1 Å². The number of amides is 2. The molecule has 6 nitrogen and oxygen atoms in total. The Bertz CT molecular complexity index is 796. The summed E-state index contributed by atoms with van der Waals surface area (Å²) in [6.07, 6.45) is 2.77. The van der Waals surface area contributed by atoms with Crippen LogP contribution in [-0.4, -0.2) is 27.4 Å². The van der Waals surface area contributed by atoms with Gasteiger partial charge in [0.2, 0.25) is 0 Å². The van der Waals surface area contributed by atoms with Crippen LogP contribution >= 0.6 is 0 Å². The lowest BCUT2D eigenvalue weighted by Gasteiger charge is -2.18. The van der Waals surface area contributed by atoms with E-state index in [1.807, 2.05) is 55.7 Å². The predicted molar refractivity (Wildman–Crippen MR) is 100 cm³/mol. The van der Waals surface area contributed by atoms with Crippen molar-refractivity contribution in [3.8, 4) is 0 Å². The largest absolute Gasteiger partial charge is 0.347 e. The van der Waals surface area contributed by atoms with E-state index in [-0.39, 0.29) is 23.9 Å². The molecule has 0 radical (unpaired) electrons. The molecule has 2 heterocycles. The molecule has 3 rings (SSSR count). The fourth-order valence-electron chi connectivity index (χ4n) is 3.31. The first-order valence-corrected chi connectivity index (χ1v) is 9.23. The van der Waals surface area contributed by atoms with E-state index in [2.05, 4.69) is 15.6 Å². The smallest absolute Gasteiger partial charge is 0.287 e. The van der Waals surface area contributed by atoms with Gasteiger partial charge in [0.1, 0.15) is 5.69 Å². The van der Waals surface area contributed by atoms with Gasteiger partial charge in [0, 0.05) is 12.6 Å². The van der Waals surface area contributed by atoms with Crippen LogP contribution in [0.4, 0.5) is 0 Å². The van der Waals surface area contributed by atoms with Crippen molar-refractivity contribution < 1.29 is 9.59 Å². The second-order valence-corrected chi connectivity index (χ2v) is 7.07. The number of hydrogen-bond donors (Lipinski definition) is 2. The Balaban J connectivity index is 1.86. The predicted octanol–water partition coefficient (Wildman–Crippen LogP) is 2.85. The Morgan fingerprint density at radius 1 is 1.04 bits per heavy atom. The van der Waals surface area contributed by atoms with Crippen molar-refractivity contribution in [1.29, 1.82) is 0 Å². The highest BCUT2D eigenvalue weighted by Gasteiger charge is 2.28. The van der Waals surface area contributed by atoms with E-state index in [0.29, 0.717) is 11.5 Å². The highest BCUT2D eigenvalue weighted by Crippen LogP contribution is 2.22. The third-order valence-corrected chi connectivity index (χ3v) is 4.60. The zero-order chi connectivity index (χ0) is 18.7. The van der Waals surface area contributed by atoms with Crippen molar-refractivity contribution in [2.45, 2.75) is 58.7 Å². The third-order valence-electron chi connectivity index (χ3n) is 4.60. The normalized spacial score (nSPS) is 14.6. The molecule has 0 spiro atoms. The molecule has 0 saturated heterocycles. The molecule has 2 N–H and O–H groups in total. The molecule has 0 fully saturated rings.